The molecule has 2 aliphatic heterocycles. The average molecular weight is 594 g/mol. The zero-order valence-electron chi connectivity index (χ0n) is 20.6. The normalized spacial score (nSPS) is 17.8. The first-order chi connectivity index (χ1) is 19.4. The molecule has 2 N–H and O–H groups in total. The third kappa shape index (κ3) is 4.87. The summed E-state index contributed by atoms with van der Waals surface area (Å²) in [6, 6.07) is 17.4. The Morgan fingerprint density at radius 2 is 1.82 bits per heavy atom. The maximum absolute atomic E-state index is 13.4. The lowest BCUT2D eigenvalue weighted by Crippen LogP contribution is -2.29. The van der Waals surface area contributed by atoms with Gasteiger partial charge in [0.2, 0.25) is 5.13 Å². The monoisotopic (exact) mass is 593 g/mol. The summed E-state index contributed by atoms with van der Waals surface area (Å²) in [5.74, 6) is -0.731. The molecule has 202 valence electrons. The summed E-state index contributed by atoms with van der Waals surface area (Å²) in [5, 5.41) is 30.8. The van der Waals surface area contributed by atoms with E-state index in [0.717, 1.165) is 16.9 Å². The topological polar surface area (TPSA) is 122 Å². The summed E-state index contributed by atoms with van der Waals surface area (Å²) in [4.78, 5) is 28.1. The number of anilines is 1. The predicted molar refractivity (Wildman–Crippen MR) is 151 cm³/mol. The van der Waals surface area contributed by atoms with Gasteiger partial charge in [0.1, 0.15) is 24.7 Å². The van der Waals surface area contributed by atoms with Crippen molar-refractivity contribution in [2.75, 3.05) is 18.1 Å². The minimum atomic E-state index is -1.06. The van der Waals surface area contributed by atoms with Gasteiger partial charge in [0.25, 0.3) is 5.78 Å². The summed E-state index contributed by atoms with van der Waals surface area (Å²) in [6.07, 6.45) is 0. The van der Waals surface area contributed by atoms with E-state index in [4.69, 9.17) is 21.1 Å². The van der Waals surface area contributed by atoms with E-state index < -0.39 is 17.7 Å². The Balaban J connectivity index is 1.39. The van der Waals surface area contributed by atoms with Crippen molar-refractivity contribution in [2.45, 2.75) is 16.1 Å². The minimum absolute atomic E-state index is 0.0596. The van der Waals surface area contributed by atoms with Gasteiger partial charge in [0.15, 0.2) is 15.8 Å². The van der Waals surface area contributed by atoms with Gasteiger partial charge < -0.3 is 19.7 Å². The highest BCUT2D eigenvalue weighted by Gasteiger charge is 2.48. The number of ketones is 1. The second kappa shape index (κ2) is 10.8. The first kappa shape index (κ1) is 26.2. The van der Waals surface area contributed by atoms with Crippen LogP contribution < -0.4 is 14.4 Å². The summed E-state index contributed by atoms with van der Waals surface area (Å²) < 4.78 is 11.7. The van der Waals surface area contributed by atoms with Crippen LogP contribution in [-0.4, -0.2) is 45.3 Å². The van der Waals surface area contributed by atoms with E-state index in [1.165, 1.54) is 28.8 Å². The number of aromatic nitrogens is 2. The molecule has 0 radical (unpaired) electrons. The number of halogens is 1. The number of benzene rings is 3. The number of carbonyl (C=O) groups excluding carboxylic acids is 2. The molecular formula is C28H20ClN3O6S2. The average Bonchev–Trinajstić information content (AvgIpc) is 3.54. The third-order valence-corrected chi connectivity index (χ3v) is 8.83. The van der Waals surface area contributed by atoms with Crippen molar-refractivity contribution in [3.63, 3.8) is 0 Å². The number of rotatable bonds is 6. The molecule has 3 aromatic carbocycles. The fourth-order valence-corrected chi connectivity index (χ4v) is 6.65. The van der Waals surface area contributed by atoms with Crippen LogP contribution in [0.4, 0.5) is 5.13 Å². The quantitative estimate of drug-likeness (QED) is 0.0968. The number of hydrogen-bond acceptors (Lipinski definition) is 10. The zero-order valence-corrected chi connectivity index (χ0v) is 23.0. The van der Waals surface area contributed by atoms with Gasteiger partial charge in [0, 0.05) is 16.3 Å². The third-order valence-electron chi connectivity index (χ3n) is 6.36. The number of ether oxygens (including phenoxy) is 2. The molecule has 0 unspecified atom stereocenters. The van der Waals surface area contributed by atoms with Crippen molar-refractivity contribution < 1.29 is 29.3 Å². The largest absolute Gasteiger partial charge is 0.508 e. The Bertz CT molecular complexity index is 1670. The van der Waals surface area contributed by atoms with Crippen molar-refractivity contribution in [2.24, 2.45) is 0 Å². The summed E-state index contributed by atoms with van der Waals surface area (Å²) in [7, 11) is 0. The van der Waals surface area contributed by atoms with Gasteiger partial charge in [0.05, 0.1) is 11.6 Å². The number of fused-ring (bicyclic) bond motifs is 1. The highest BCUT2D eigenvalue weighted by molar-refractivity contribution is 8.00. The Labute approximate surface area is 241 Å². The fraction of sp³-hybridized carbons (Fsp3) is 0.143. The molecule has 0 bridgehead atoms. The SMILES string of the molecule is O=C1C(=O)N(c2nnc(SCc3ccccc3Cl)s2)[C@@H](c2cccc(O)c2)C1=C(O)c1ccc2c(c1)OCCO2. The summed E-state index contributed by atoms with van der Waals surface area (Å²) >= 11 is 8.80. The zero-order chi connectivity index (χ0) is 27.8. The molecule has 1 fully saturated rings. The Morgan fingerprint density at radius 1 is 1.02 bits per heavy atom. The molecule has 4 aromatic rings. The van der Waals surface area contributed by atoms with Gasteiger partial charge in [-0.25, -0.2) is 0 Å². The smallest absolute Gasteiger partial charge is 0.301 e. The predicted octanol–water partition coefficient (Wildman–Crippen LogP) is 5.59. The number of carbonyl (C=O) groups is 2. The number of aromatic hydroxyl groups is 1. The molecule has 6 rings (SSSR count). The van der Waals surface area contributed by atoms with Crippen LogP contribution >= 0.6 is 34.7 Å². The molecule has 1 atom stereocenters. The molecule has 0 saturated carbocycles. The van der Waals surface area contributed by atoms with E-state index in [9.17, 15) is 19.8 Å². The first-order valence-corrected chi connectivity index (χ1v) is 14.3. The summed E-state index contributed by atoms with van der Waals surface area (Å²) in [5.41, 5.74) is 1.47. The number of phenolic OH excluding ortho intramolecular Hbond substituents is 1. The highest BCUT2D eigenvalue weighted by Crippen LogP contribution is 2.45. The van der Waals surface area contributed by atoms with Crippen LogP contribution in [0.15, 0.2) is 76.6 Å². The van der Waals surface area contributed by atoms with Crippen molar-refractivity contribution in [3.8, 4) is 17.2 Å². The van der Waals surface area contributed by atoms with E-state index in [0.29, 0.717) is 45.4 Å². The van der Waals surface area contributed by atoms with Crippen LogP contribution in [0.5, 0.6) is 17.2 Å². The number of phenols is 1. The van der Waals surface area contributed by atoms with Gasteiger partial charge in [-0.2, -0.15) is 0 Å². The molecular weight excluding hydrogens is 574 g/mol. The van der Waals surface area contributed by atoms with Crippen LogP contribution in [0.25, 0.3) is 5.76 Å². The summed E-state index contributed by atoms with van der Waals surface area (Å²) in [6.45, 7) is 0.750. The van der Waals surface area contributed by atoms with Crippen molar-refractivity contribution in [1.29, 1.82) is 0 Å². The number of hydrogen-bond donors (Lipinski definition) is 2. The second-order valence-electron chi connectivity index (χ2n) is 8.85. The van der Waals surface area contributed by atoms with Crippen LogP contribution in [0.1, 0.15) is 22.7 Å². The number of nitrogens with zero attached hydrogens (tertiary/aromatic N) is 3. The van der Waals surface area contributed by atoms with Gasteiger partial charge >= 0.3 is 5.91 Å². The van der Waals surface area contributed by atoms with Gasteiger partial charge in [-0.3, -0.25) is 14.5 Å². The van der Waals surface area contributed by atoms with E-state index in [1.807, 2.05) is 18.2 Å². The maximum Gasteiger partial charge on any atom is 0.301 e. The Morgan fingerprint density at radius 3 is 2.62 bits per heavy atom. The molecule has 3 heterocycles. The lowest BCUT2D eigenvalue weighted by Gasteiger charge is -2.23. The van der Waals surface area contributed by atoms with Gasteiger partial charge in [-0.15, -0.1) is 10.2 Å². The lowest BCUT2D eigenvalue weighted by atomic mass is 9.95. The Hall–Kier alpha value is -4.06. The van der Waals surface area contributed by atoms with E-state index >= 15 is 0 Å². The highest BCUT2D eigenvalue weighted by atomic mass is 35.5. The molecule has 9 nitrogen and oxygen atoms in total. The molecule has 0 spiro atoms. The number of amides is 1. The van der Waals surface area contributed by atoms with Crippen LogP contribution in [-0.2, 0) is 15.3 Å². The Kier molecular flexibility index (Phi) is 7.09. The number of thioether (sulfide) groups is 1. The number of Topliss-reactive ketones (excluding diaryl/α,β-unsaturated/α-hetero) is 1. The van der Waals surface area contributed by atoms with Crippen molar-refractivity contribution in [1.82, 2.24) is 10.2 Å². The molecule has 2 aliphatic rings. The van der Waals surface area contributed by atoms with Crippen LogP contribution in [0.3, 0.4) is 0 Å². The number of aliphatic hydroxyl groups is 1. The standard InChI is InChI=1S/C28H20ClN3O6S2/c29-19-7-2-1-4-17(19)14-39-28-31-30-27(40-28)32-23(15-5-3-6-18(33)12-15)22(25(35)26(32)36)24(34)16-8-9-20-21(13-16)38-11-10-37-20/h1-9,12-13,23,33-34H,10-11,14H2/t23-/m0/s1. The van der Waals surface area contributed by atoms with Crippen LogP contribution in [0.2, 0.25) is 5.02 Å². The number of aliphatic hydroxyl groups excluding tert-OH is 1. The van der Waals surface area contributed by atoms with Crippen molar-refractivity contribution in [3.05, 3.63) is 94.0 Å². The molecule has 1 aromatic heterocycles. The second-order valence-corrected chi connectivity index (χ2v) is 11.4. The van der Waals surface area contributed by atoms with E-state index in [-0.39, 0.29) is 27.8 Å². The van der Waals surface area contributed by atoms with E-state index in [1.54, 1.807) is 36.4 Å². The molecule has 40 heavy (non-hydrogen) atoms. The molecule has 1 amide bonds. The van der Waals surface area contributed by atoms with E-state index in [2.05, 4.69) is 10.2 Å². The van der Waals surface area contributed by atoms with Gasteiger partial charge in [-0.05, 0) is 47.5 Å². The first-order valence-electron chi connectivity index (χ1n) is 12.1. The molecule has 12 heteroatoms. The van der Waals surface area contributed by atoms with Gasteiger partial charge in [-0.1, -0.05) is 65.0 Å². The minimum Gasteiger partial charge on any atom is -0.508 e. The maximum atomic E-state index is 13.4. The molecule has 0 aliphatic carbocycles. The fourth-order valence-electron chi connectivity index (χ4n) is 4.50. The van der Waals surface area contributed by atoms with Crippen LogP contribution in [0, 0.1) is 0 Å². The molecule has 1 saturated heterocycles. The van der Waals surface area contributed by atoms with Crippen molar-refractivity contribution >= 4 is 57.3 Å². The lowest BCUT2D eigenvalue weighted by molar-refractivity contribution is -0.132.